The number of benzene rings is 1. The first-order chi connectivity index (χ1) is 16.7. The molecule has 35 heavy (non-hydrogen) atoms. The van der Waals surface area contributed by atoms with Gasteiger partial charge in [0, 0.05) is 39.7 Å². The van der Waals surface area contributed by atoms with Crippen LogP contribution in [0.25, 0.3) is 22.3 Å². The summed E-state index contributed by atoms with van der Waals surface area (Å²) in [5.74, 6) is 1.95. The summed E-state index contributed by atoms with van der Waals surface area (Å²) in [6, 6.07) is 11.0. The van der Waals surface area contributed by atoms with Gasteiger partial charge in [-0.3, -0.25) is 9.59 Å². The summed E-state index contributed by atoms with van der Waals surface area (Å²) >= 11 is 1.69. The fourth-order valence-electron chi connectivity index (χ4n) is 3.98. The number of nitrogens with zero attached hydrogens (tertiary/aromatic N) is 4. The second-order valence-electron chi connectivity index (χ2n) is 8.74. The van der Waals surface area contributed by atoms with Crippen LogP contribution < -0.4 is 5.32 Å². The number of terminal acetylenes is 1. The topological polar surface area (TPSA) is 80.1 Å². The number of carbonyl (C=O) groups is 2. The molecule has 4 aromatic rings. The Hall–Kier alpha value is -3.96. The van der Waals surface area contributed by atoms with E-state index in [4.69, 9.17) is 11.4 Å². The Kier molecular flexibility index (Phi) is 6.72. The van der Waals surface area contributed by atoms with Crippen LogP contribution >= 0.6 is 11.3 Å². The predicted molar refractivity (Wildman–Crippen MR) is 141 cm³/mol. The summed E-state index contributed by atoms with van der Waals surface area (Å²) < 4.78 is 1.81. The number of rotatable bonds is 6. The number of anilines is 1. The number of amides is 2. The molecule has 0 unspecified atom stereocenters. The van der Waals surface area contributed by atoms with E-state index in [0.29, 0.717) is 33.5 Å². The highest BCUT2D eigenvalue weighted by Crippen LogP contribution is 2.33. The molecule has 0 aliphatic heterocycles. The summed E-state index contributed by atoms with van der Waals surface area (Å²) in [5.41, 5.74) is 4.07. The fourth-order valence-corrected chi connectivity index (χ4v) is 4.91. The van der Waals surface area contributed by atoms with E-state index >= 15 is 0 Å². The number of likely N-dealkylation sites (N-methyl/N-ethyl adjacent to an activating group) is 1. The maximum absolute atomic E-state index is 13.6. The number of carbonyl (C=O) groups excluding carboxylic acids is 2. The van der Waals surface area contributed by atoms with Crippen molar-refractivity contribution in [2.75, 3.05) is 18.9 Å². The van der Waals surface area contributed by atoms with Gasteiger partial charge in [-0.1, -0.05) is 12.0 Å². The molecule has 0 saturated heterocycles. The number of nitrogens with one attached hydrogen (secondary N) is 1. The minimum absolute atomic E-state index is 0.0748. The van der Waals surface area contributed by atoms with Crippen LogP contribution in [0.2, 0.25) is 0 Å². The van der Waals surface area contributed by atoms with Gasteiger partial charge in [0.05, 0.1) is 29.4 Å². The van der Waals surface area contributed by atoms with Gasteiger partial charge in [0.25, 0.3) is 5.91 Å². The summed E-state index contributed by atoms with van der Waals surface area (Å²) in [5, 5.41) is 7.94. The number of aryl methyl sites for hydroxylation is 2. The van der Waals surface area contributed by atoms with Gasteiger partial charge in [0.15, 0.2) is 5.65 Å². The first kappa shape index (κ1) is 24.2. The minimum Gasteiger partial charge on any atom is -0.332 e. The zero-order valence-electron chi connectivity index (χ0n) is 20.4. The third kappa shape index (κ3) is 4.96. The molecule has 1 aromatic carbocycles. The molecule has 0 saturated carbocycles. The highest BCUT2D eigenvalue weighted by atomic mass is 32.1. The summed E-state index contributed by atoms with van der Waals surface area (Å²) in [6.07, 6.45) is 7.11. The zero-order chi connectivity index (χ0) is 25.3. The van der Waals surface area contributed by atoms with Crippen LogP contribution in [0.1, 0.15) is 45.6 Å². The predicted octanol–water partition coefficient (Wildman–Crippen LogP) is 5.05. The second-order valence-corrected chi connectivity index (χ2v) is 10.2. The molecule has 0 aliphatic rings. The average Bonchev–Trinajstić information content (AvgIpc) is 3.40. The van der Waals surface area contributed by atoms with Crippen molar-refractivity contribution in [1.29, 1.82) is 0 Å². The lowest BCUT2D eigenvalue weighted by atomic mass is 10.1. The van der Waals surface area contributed by atoms with Gasteiger partial charge < -0.3 is 10.2 Å². The summed E-state index contributed by atoms with van der Waals surface area (Å²) in [6.45, 7) is 8.02. The molecular formula is C27H27N5O2S. The quantitative estimate of drug-likeness (QED) is 0.388. The molecule has 0 radical (unpaired) electrons. The molecule has 7 nitrogen and oxygen atoms in total. The van der Waals surface area contributed by atoms with Gasteiger partial charge in [0.2, 0.25) is 5.91 Å². The van der Waals surface area contributed by atoms with Gasteiger partial charge in [-0.15, -0.1) is 17.8 Å². The van der Waals surface area contributed by atoms with Gasteiger partial charge in [-0.25, -0.2) is 9.67 Å². The smallest absolute Gasteiger partial charge is 0.254 e. The first-order valence-electron chi connectivity index (χ1n) is 11.3. The van der Waals surface area contributed by atoms with Crippen molar-refractivity contribution in [2.45, 2.75) is 33.7 Å². The highest BCUT2D eigenvalue weighted by molar-refractivity contribution is 7.12. The van der Waals surface area contributed by atoms with Gasteiger partial charge in [-0.2, -0.15) is 5.10 Å². The lowest BCUT2D eigenvalue weighted by Crippen LogP contribution is -2.35. The normalized spacial score (nSPS) is 11.0. The monoisotopic (exact) mass is 485 g/mol. The van der Waals surface area contributed by atoms with Crippen LogP contribution in [0, 0.1) is 26.2 Å². The van der Waals surface area contributed by atoms with E-state index in [9.17, 15) is 9.59 Å². The van der Waals surface area contributed by atoms with Crippen molar-refractivity contribution in [2.24, 2.45) is 0 Å². The third-order valence-electron chi connectivity index (χ3n) is 5.64. The van der Waals surface area contributed by atoms with Gasteiger partial charge in [0.1, 0.15) is 0 Å². The van der Waals surface area contributed by atoms with E-state index in [1.807, 2.05) is 25.5 Å². The lowest BCUT2D eigenvalue weighted by Gasteiger charge is -2.18. The molecule has 178 valence electrons. The van der Waals surface area contributed by atoms with Crippen molar-refractivity contribution in [3.8, 4) is 23.6 Å². The fraction of sp³-hybridized carbons (Fsp3) is 0.259. The number of aromatic nitrogens is 3. The van der Waals surface area contributed by atoms with Gasteiger partial charge in [-0.05, 0) is 58.0 Å². The Bertz CT molecular complexity index is 1470. The molecule has 0 aliphatic carbocycles. The molecule has 3 heterocycles. The average molecular weight is 486 g/mol. The molecular weight excluding hydrogens is 458 g/mol. The summed E-state index contributed by atoms with van der Waals surface area (Å²) in [4.78, 5) is 34.8. The van der Waals surface area contributed by atoms with E-state index in [0.717, 1.165) is 10.4 Å². The summed E-state index contributed by atoms with van der Waals surface area (Å²) in [7, 11) is 1.61. The number of fused-ring (bicyclic) bond motifs is 1. The Morgan fingerprint density at radius 3 is 2.66 bits per heavy atom. The van der Waals surface area contributed by atoms with Crippen LogP contribution in [0.5, 0.6) is 0 Å². The molecule has 8 heteroatoms. The van der Waals surface area contributed by atoms with E-state index in [2.05, 4.69) is 29.3 Å². The van der Waals surface area contributed by atoms with Crippen LogP contribution in [-0.4, -0.2) is 45.1 Å². The second kappa shape index (κ2) is 9.72. The van der Waals surface area contributed by atoms with E-state index in [1.165, 1.54) is 9.78 Å². The molecule has 0 spiro atoms. The van der Waals surface area contributed by atoms with Crippen molar-refractivity contribution >= 4 is 39.9 Å². The number of pyridine rings is 1. The van der Waals surface area contributed by atoms with Crippen LogP contribution in [-0.2, 0) is 4.79 Å². The standard InChI is InChI=1S/C27H27N5O2S/c1-7-19-9-8-10-20(12-19)29-25(33)15-31(6)27(34)22-13-24(21-11-17(4)35-18(21)5)30-26-23(22)14-28-32(26)16(2)3/h1,8-14,16H,15H2,2-6H3,(H,29,33). The molecule has 4 rings (SSSR count). The molecule has 0 fully saturated rings. The van der Waals surface area contributed by atoms with Crippen molar-refractivity contribution in [1.82, 2.24) is 19.7 Å². The number of hydrogen-bond acceptors (Lipinski definition) is 5. The van der Waals surface area contributed by atoms with Gasteiger partial charge >= 0.3 is 0 Å². The number of thiophene rings is 1. The molecule has 2 amide bonds. The SMILES string of the molecule is C#Cc1cccc(NC(=O)CN(C)C(=O)c2cc(-c3cc(C)sc3C)nc3c2cnn3C(C)C)c1. The van der Waals surface area contributed by atoms with Crippen molar-refractivity contribution < 1.29 is 9.59 Å². The van der Waals surface area contributed by atoms with Crippen LogP contribution in [0.15, 0.2) is 42.6 Å². The zero-order valence-corrected chi connectivity index (χ0v) is 21.2. The number of hydrogen-bond donors (Lipinski definition) is 1. The largest absolute Gasteiger partial charge is 0.332 e. The first-order valence-corrected chi connectivity index (χ1v) is 12.1. The van der Waals surface area contributed by atoms with Crippen molar-refractivity contribution in [3.05, 3.63) is 63.5 Å². The van der Waals surface area contributed by atoms with E-state index < -0.39 is 0 Å². The molecule has 0 bridgehead atoms. The maximum Gasteiger partial charge on any atom is 0.254 e. The molecule has 1 N–H and O–H groups in total. The van der Waals surface area contributed by atoms with Crippen LogP contribution in [0.3, 0.4) is 0 Å². The van der Waals surface area contributed by atoms with Crippen LogP contribution in [0.4, 0.5) is 5.69 Å². The third-order valence-corrected chi connectivity index (χ3v) is 6.61. The Balaban J connectivity index is 1.67. The Morgan fingerprint density at radius 1 is 1.23 bits per heavy atom. The minimum atomic E-state index is -0.317. The Morgan fingerprint density at radius 2 is 2.00 bits per heavy atom. The van der Waals surface area contributed by atoms with E-state index in [1.54, 1.807) is 54.9 Å². The lowest BCUT2D eigenvalue weighted by molar-refractivity contribution is -0.116. The van der Waals surface area contributed by atoms with E-state index in [-0.39, 0.29) is 24.4 Å². The maximum atomic E-state index is 13.6. The molecule has 3 aromatic heterocycles. The highest BCUT2D eigenvalue weighted by Gasteiger charge is 2.23. The van der Waals surface area contributed by atoms with Crippen molar-refractivity contribution in [3.63, 3.8) is 0 Å². The molecule has 0 atom stereocenters. The Labute approximate surface area is 208 Å².